The SMILES string of the molecule is Cc1ccc(C#N)cc1NC(C)C1CC2C=CC1C2. The van der Waals surface area contributed by atoms with Gasteiger partial charge in [0.05, 0.1) is 11.6 Å². The van der Waals surface area contributed by atoms with Gasteiger partial charge in [0.1, 0.15) is 0 Å². The summed E-state index contributed by atoms with van der Waals surface area (Å²) in [7, 11) is 0. The van der Waals surface area contributed by atoms with E-state index in [1.165, 1.54) is 18.4 Å². The normalized spacial score (nSPS) is 29.2. The van der Waals surface area contributed by atoms with Gasteiger partial charge in [-0.3, -0.25) is 0 Å². The van der Waals surface area contributed by atoms with E-state index >= 15 is 0 Å². The van der Waals surface area contributed by atoms with Gasteiger partial charge in [0.25, 0.3) is 0 Å². The molecule has 98 valence electrons. The molecule has 1 N–H and O–H groups in total. The zero-order chi connectivity index (χ0) is 13.4. The van der Waals surface area contributed by atoms with Crippen molar-refractivity contribution in [2.24, 2.45) is 17.8 Å². The molecule has 0 spiro atoms. The molecule has 3 rings (SSSR count). The number of benzene rings is 1. The first kappa shape index (κ1) is 12.3. The number of aryl methyl sites for hydroxylation is 1. The first-order valence-corrected chi connectivity index (χ1v) is 7.13. The molecule has 0 saturated heterocycles. The van der Waals surface area contributed by atoms with Gasteiger partial charge in [-0.25, -0.2) is 0 Å². The Kier molecular flexibility index (Phi) is 3.06. The summed E-state index contributed by atoms with van der Waals surface area (Å²) in [5.41, 5.74) is 3.05. The molecule has 2 nitrogen and oxygen atoms in total. The van der Waals surface area contributed by atoms with Crippen LogP contribution in [0.25, 0.3) is 0 Å². The van der Waals surface area contributed by atoms with Crippen molar-refractivity contribution in [2.75, 3.05) is 5.32 Å². The largest absolute Gasteiger partial charge is 0.382 e. The van der Waals surface area contributed by atoms with E-state index in [1.54, 1.807) is 0 Å². The summed E-state index contributed by atoms with van der Waals surface area (Å²) in [6.07, 6.45) is 7.44. The number of nitrogens with one attached hydrogen (secondary N) is 1. The van der Waals surface area contributed by atoms with Crippen molar-refractivity contribution in [3.63, 3.8) is 0 Å². The maximum Gasteiger partial charge on any atom is 0.0992 e. The van der Waals surface area contributed by atoms with Gasteiger partial charge in [-0.05, 0) is 62.1 Å². The number of nitrogens with zero attached hydrogens (tertiary/aromatic N) is 1. The van der Waals surface area contributed by atoms with Gasteiger partial charge in [0.2, 0.25) is 0 Å². The third-order valence-corrected chi connectivity index (χ3v) is 4.72. The van der Waals surface area contributed by atoms with Crippen LogP contribution in [0, 0.1) is 36.0 Å². The monoisotopic (exact) mass is 252 g/mol. The van der Waals surface area contributed by atoms with Gasteiger partial charge in [-0.15, -0.1) is 0 Å². The van der Waals surface area contributed by atoms with Crippen molar-refractivity contribution >= 4 is 5.69 Å². The van der Waals surface area contributed by atoms with Gasteiger partial charge in [-0.2, -0.15) is 5.26 Å². The molecule has 19 heavy (non-hydrogen) atoms. The third-order valence-electron chi connectivity index (χ3n) is 4.72. The topological polar surface area (TPSA) is 35.8 Å². The first-order valence-electron chi connectivity index (χ1n) is 7.13. The van der Waals surface area contributed by atoms with E-state index in [2.05, 4.69) is 37.4 Å². The van der Waals surface area contributed by atoms with E-state index in [9.17, 15) is 0 Å². The molecule has 1 aromatic rings. The van der Waals surface area contributed by atoms with Crippen LogP contribution in [0.5, 0.6) is 0 Å². The second-order valence-corrected chi connectivity index (χ2v) is 6.02. The molecule has 1 fully saturated rings. The maximum atomic E-state index is 9.00. The van der Waals surface area contributed by atoms with Crippen LogP contribution in [0.4, 0.5) is 5.69 Å². The Bertz CT molecular complexity index is 553. The van der Waals surface area contributed by atoms with Crippen molar-refractivity contribution in [2.45, 2.75) is 32.7 Å². The molecule has 2 aliphatic carbocycles. The van der Waals surface area contributed by atoms with E-state index in [0.29, 0.717) is 6.04 Å². The van der Waals surface area contributed by atoms with Crippen LogP contribution in [0.15, 0.2) is 30.4 Å². The lowest BCUT2D eigenvalue weighted by Gasteiger charge is -2.27. The van der Waals surface area contributed by atoms with E-state index < -0.39 is 0 Å². The fourth-order valence-electron chi connectivity index (χ4n) is 3.60. The molecule has 4 atom stereocenters. The number of rotatable bonds is 3. The summed E-state index contributed by atoms with van der Waals surface area (Å²) < 4.78 is 0. The van der Waals surface area contributed by atoms with Gasteiger partial charge < -0.3 is 5.32 Å². The highest BCUT2D eigenvalue weighted by molar-refractivity contribution is 5.55. The number of nitriles is 1. The Morgan fingerprint density at radius 3 is 2.79 bits per heavy atom. The van der Waals surface area contributed by atoms with Gasteiger partial charge in [0, 0.05) is 11.7 Å². The van der Waals surface area contributed by atoms with E-state index in [0.717, 1.165) is 29.0 Å². The molecule has 0 heterocycles. The summed E-state index contributed by atoms with van der Waals surface area (Å²) in [5.74, 6) is 2.30. The van der Waals surface area contributed by atoms with Crippen LogP contribution < -0.4 is 5.32 Å². The highest BCUT2D eigenvalue weighted by Gasteiger charge is 2.38. The highest BCUT2D eigenvalue weighted by Crippen LogP contribution is 2.45. The number of anilines is 1. The van der Waals surface area contributed by atoms with E-state index in [1.807, 2.05) is 18.2 Å². The molecule has 4 unspecified atom stereocenters. The molecule has 1 saturated carbocycles. The van der Waals surface area contributed by atoms with Crippen molar-refractivity contribution in [1.82, 2.24) is 0 Å². The second-order valence-electron chi connectivity index (χ2n) is 6.02. The smallest absolute Gasteiger partial charge is 0.0992 e. The lowest BCUT2D eigenvalue weighted by atomic mass is 9.87. The van der Waals surface area contributed by atoms with Crippen molar-refractivity contribution in [3.8, 4) is 6.07 Å². The second kappa shape index (κ2) is 4.74. The summed E-state index contributed by atoms with van der Waals surface area (Å²) >= 11 is 0. The Morgan fingerprint density at radius 1 is 1.32 bits per heavy atom. The average molecular weight is 252 g/mol. The minimum atomic E-state index is 0.465. The summed E-state index contributed by atoms with van der Waals surface area (Å²) in [6, 6.07) is 8.55. The van der Waals surface area contributed by atoms with Gasteiger partial charge in [0.15, 0.2) is 0 Å². The summed E-state index contributed by atoms with van der Waals surface area (Å²) in [5, 5.41) is 12.6. The predicted octanol–water partition coefficient (Wildman–Crippen LogP) is 3.88. The van der Waals surface area contributed by atoms with Gasteiger partial charge >= 0.3 is 0 Å². The van der Waals surface area contributed by atoms with E-state index in [4.69, 9.17) is 5.26 Å². The van der Waals surface area contributed by atoms with Crippen LogP contribution in [0.1, 0.15) is 30.9 Å². The van der Waals surface area contributed by atoms with Crippen LogP contribution in [-0.4, -0.2) is 6.04 Å². The predicted molar refractivity (Wildman–Crippen MR) is 77.8 cm³/mol. The molecule has 2 heteroatoms. The summed E-state index contributed by atoms with van der Waals surface area (Å²) in [6.45, 7) is 4.37. The van der Waals surface area contributed by atoms with E-state index in [-0.39, 0.29) is 0 Å². The minimum Gasteiger partial charge on any atom is -0.382 e. The molecule has 1 aromatic carbocycles. The number of allylic oxidation sites excluding steroid dienone is 2. The van der Waals surface area contributed by atoms with Crippen LogP contribution in [0.2, 0.25) is 0 Å². The molecule has 2 aliphatic rings. The van der Waals surface area contributed by atoms with Crippen molar-refractivity contribution < 1.29 is 0 Å². The Labute approximate surface area is 115 Å². The third kappa shape index (κ3) is 2.26. The minimum absolute atomic E-state index is 0.465. The molecule has 2 bridgehead atoms. The molecule has 0 aliphatic heterocycles. The molecule has 0 radical (unpaired) electrons. The lowest BCUT2D eigenvalue weighted by Crippen LogP contribution is -2.29. The Hall–Kier alpha value is -1.75. The quantitative estimate of drug-likeness (QED) is 0.829. The zero-order valence-electron chi connectivity index (χ0n) is 11.6. The van der Waals surface area contributed by atoms with Crippen LogP contribution in [-0.2, 0) is 0 Å². The fraction of sp³-hybridized carbons (Fsp3) is 0.471. The molecular formula is C17H20N2. The number of fused-ring (bicyclic) bond motifs is 2. The van der Waals surface area contributed by atoms with Crippen LogP contribution >= 0.6 is 0 Å². The molecular weight excluding hydrogens is 232 g/mol. The maximum absolute atomic E-state index is 9.00. The lowest BCUT2D eigenvalue weighted by molar-refractivity contribution is 0.400. The number of hydrogen-bond acceptors (Lipinski definition) is 2. The Balaban J connectivity index is 1.75. The summed E-state index contributed by atoms with van der Waals surface area (Å²) in [4.78, 5) is 0. The van der Waals surface area contributed by atoms with Crippen molar-refractivity contribution in [1.29, 1.82) is 5.26 Å². The standard InChI is InChI=1S/C17H20N2/c1-11-3-4-14(10-18)9-17(11)19-12(2)16-8-13-5-6-15(16)7-13/h3-6,9,12-13,15-16,19H,7-8H2,1-2H3. The number of hydrogen-bond donors (Lipinski definition) is 1. The van der Waals surface area contributed by atoms with Crippen molar-refractivity contribution in [3.05, 3.63) is 41.5 Å². The first-order chi connectivity index (χ1) is 9.17. The average Bonchev–Trinajstić information content (AvgIpc) is 3.03. The zero-order valence-corrected chi connectivity index (χ0v) is 11.6. The Morgan fingerprint density at radius 2 is 2.16 bits per heavy atom. The highest BCUT2D eigenvalue weighted by atomic mass is 14.9. The van der Waals surface area contributed by atoms with Crippen LogP contribution in [0.3, 0.4) is 0 Å². The van der Waals surface area contributed by atoms with Gasteiger partial charge in [-0.1, -0.05) is 18.2 Å². The molecule has 0 amide bonds. The molecule has 0 aromatic heterocycles. The fourth-order valence-corrected chi connectivity index (χ4v) is 3.60.